The minimum atomic E-state index is -0.566. The molecule has 202 valence electrons. The summed E-state index contributed by atoms with van der Waals surface area (Å²) in [6.45, 7) is 3.78. The molecule has 1 atom stereocenters. The predicted octanol–water partition coefficient (Wildman–Crippen LogP) is 3.55. The van der Waals surface area contributed by atoms with Crippen molar-refractivity contribution in [3.05, 3.63) is 118 Å². The van der Waals surface area contributed by atoms with Crippen molar-refractivity contribution in [2.24, 2.45) is 7.05 Å². The number of aromatic nitrogens is 6. The van der Waals surface area contributed by atoms with Gasteiger partial charge in [-0.15, -0.1) is 5.10 Å². The fourth-order valence-corrected chi connectivity index (χ4v) is 4.91. The Bertz CT molecular complexity index is 2080. The molecular formula is C31H26N8O2. The average Bonchev–Trinajstić information content (AvgIpc) is 3.49. The molecule has 0 spiro atoms. The van der Waals surface area contributed by atoms with Crippen LogP contribution < -0.4 is 16.6 Å². The van der Waals surface area contributed by atoms with Gasteiger partial charge in [-0.3, -0.25) is 18.8 Å². The van der Waals surface area contributed by atoms with E-state index in [4.69, 9.17) is 5.73 Å². The monoisotopic (exact) mass is 542 g/mol. The summed E-state index contributed by atoms with van der Waals surface area (Å²) in [5, 5.41) is 12.7. The quantitative estimate of drug-likeness (QED) is 0.328. The molecule has 1 amide bonds. The molecule has 0 saturated heterocycles. The SMILES string of the molecule is Cc1c(C#Cc2cccc3cc([C@H](C)NC(=O)c4c(N)nn5cnccc45)n(-c4ccccc4)c(=O)c23)cnn1C. The van der Waals surface area contributed by atoms with Gasteiger partial charge in [-0.05, 0) is 49.6 Å². The van der Waals surface area contributed by atoms with Crippen LogP contribution in [0.5, 0.6) is 0 Å². The van der Waals surface area contributed by atoms with E-state index >= 15 is 0 Å². The smallest absolute Gasteiger partial charge is 0.264 e. The molecule has 0 radical (unpaired) electrons. The van der Waals surface area contributed by atoms with Crippen LogP contribution in [0.3, 0.4) is 0 Å². The van der Waals surface area contributed by atoms with Crippen molar-refractivity contribution < 1.29 is 4.79 Å². The zero-order valence-corrected chi connectivity index (χ0v) is 22.7. The van der Waals surface area contributed by atoms with Crippen molar-refractivity contribution in [2.45, 2.75) is 19.9 Å². The van der Waals surface area contributed by atoms with Crippen molar-refractivity contribution >= 4 is 28.0 Å². The van der Waals surface area contributed by atoms with Crippen LogP contribution in [0.1, 0.15) is 45.8 Å². The Morgan fingerprint density at radius 2 is 1.83 bits per heavy atom. The summed E-state index contributed by atoms with van der Waals surface area (Å²) in [6.07, 6.45) is 4.77. The Hall–Kier alpha value is -5.69. The molecule has 0 aliphatic carbocycles. The summed E-state index contributed by atoms with van der Waals surface area (Å²) < 4.78 is 4.84. The van der Waals surface area contributed by atoms with Crippen molar-refractivity contribution in [1.82, 2.24) is 34.3 Å². The number of carbonyl (C=O) groups is 1. The van der Waals surface area contributed by atoms with E-state index in [1.165, 1.54) is 10.8 Å². The fourth-order valence-electron chi connectivity index (χ4n) is 4.91. The summed E-state index contributed by atoms with van der Waals surface area (Å²) >= 11 is 0. The van der Waals surface area contributed by atoms with E-state index in [1.54, 1.807) is 27.7 Å². The fraction of sp³-hybridized carbons (Fsp3) is 0.129. The standard InChI is InChI=1S/C31H26N8O2/c1-19(35-30(40)28-25-14-15-33-18-38(25)36-29(28)32)26-16-22-9-7-8-21(12-13-23-17-34-37(3)20(23)2)27(22)31(41)39(26)24-10-5-4-6-11-24/h4-11,14-19H,1-3H3,(H2,32,36)(H,35,40)/t19-/m0/s1. The van der Waals surface area contributed by atoms with Crippen molar-refractivity contribution in [2.75, 3.05) is 5.73 Å². The third-order valence-corrected chi connectivity index (χ3v) is 7.14. The van der Waals surface area contributed by atoms with Crippen LogP contribution in [0.25, 0.3) is 22.0 Å². The Labute approximate surface area is 235 Å². The number of nitrogens with one attached hydrogen (secondary N) is 1. The summed E-state index contributed by atoms with van der Waals surface area (Å²) in [4.78, 5) is 31.7. The van der Waals surface area contributed by atoms with Gasteiger partial charge in [0.05, 0.1) is 34.4 Å². The molecular weight excluding hydrogens is 516 g/mol. The van der Waals surface area contributed by atoms with Gasteiger partial charge < -0.3 is 11.1 Å². The number of pyridine rings is 1. The number of benzene rings is 2. The van der Waals surface area contributed by atoms with Gasteiger partial charge in [-0.1, -0.05) is 42.2 Å². The molecule has 4 heterocycles. The Morgan fingerprint density at radius 3 is 2.59 bits per heavy atom. The van der Waals surface area contributed by atoms with Crippen LogP contribution in [0.15, 0.2) is 84.2 Å². The highest BCUT2D eigenvalue weighted by Gasteiger charge is 2.23. The number of nitrogen functional groups attached to an aromatic ring is 1. The molecule has 0 saturated carbocycles. The van der Waals surface area contributed by atoms with E-state index in [0.29, 0.717) is 27.8 Å². The lowest BCUT2D eigenvalue weighted by molar-refractivity contribution is 0.0941. The van der Waals surface area contributed by atoms with E-state index in [0.717, 1.165) is 16.6 Å². The van der Waals surface area contributed by atoms with E-state index in [-0.39, 0.29) is 16.9 Å². The summed E-state index contributed by atoms with van der Waals surface area (Å²) in [5.74, 6) is 6.03. The lowest BCUT2D eigenvalue weighted by Crippen LogP contribution is -2.32. The maximum atomic E-state index is 14.2. The molecule has 10 heteroatoms. The number of carbonyl (C=O) groups excluding carboxylic acids is 1. The zero-order valence-electron chi connectivity index (χ0n) is 22.7. The van der Waals surface area contributed by atoms with Gasteiger partial charge in [-0.2, -0.15) is 5.10 Å². The van der Waals surface area contributed by atoms with Crippen LogP contribution >= 0.6 is 0 Å². The number of amides is 1. The minimum Gasteiger partial charge on any atom is -0.382 e. The lowest BCUT2D eigenvalue weighted by atomic mass is 10.0. The highest BCUT2D eigenvalue weighted by Crippen LogP contribution is 2.25. The van der Waals surface area contributed by atoms with Gasteiger partial charge in [0.15, 0.2) is 5.82 Å². The predicted molar refractivity (Wildman–Crippen MR) is 157 cm³/mol. The third kappa shape index (κ3) is 4.49. The van der Waals surface area contributed by atoms with Gasteiger partial charge >= 0.3 is 0 Å². The third-order valence-electron chi connectivity index (χ3n) is 7.14. The van der Waals surface area contributed by atoms with Crippen molar-refractivity contribution in [3.8, 4) is 17.5 Å². The lowest BCUT2D eigenvalue weighted by Gasteiger charge is -2.21. The van der Waals surface area contributed by atoms with Gasteiger partial charge in [-0.25, -0.2) is 9.50 Å². The van der Waals surface area contributed by atoms with Gasteiger partial charge in [0.2, 0.25) is 0 Å². The molecule has 4 aromatic heterocycles. The summed E-state index contributed by atoms with van der Waals surface area (Å²) in [7, 11) is 1.86. The van der Waals surface area contributed by atoms with E-state index in [2.05, 4.69) is 32.3 Å². The molecule has 10 nitrogen and oxygen atoms in total. The van der Waals surface area contributed by atoms with Crippen LogP contribution in [0, 0.1) is 18.8 Å². The number of hydrogen-bond donors (Lipinski definition) is 2. The maximum absolute atomic E-state index is 14.2. The molecule has 0 bridgehead atoms. The number of rotatable bonds is 4. The number of nitrogens with two attached hydrogens (primary N) is 1. The summed E-state index contributed by atoms with van der Waals surface area (Å²) in [6, 6.07) is 17.9. The van der Waals surface area contributed by atoms with Crippen LogP contribution in [0.4, 0.5) is 5.82 Å². The number of fused-ring (bicyclic) bond motifs is 2. The first-order chi connectivity index (χ1) is 19.8. The van der Waals surface area contributed by atoms with E-state index in [1.807, 2.05) is 75.5 Å². The first-order valence-electron chi connectivity index (χ1n) is 13.0. The average molecular weight is 543 g/mol. The Morgan fingerprint density at radius 1 is 1.05 bits per heavy atom. The number of anilines is 1. The molecule has 41 heavy (non-hydrogen) atoms. The molecule has 2 aromatic carbocycles. The highest BCUT2D eigenvalue weighted by molar-refractivity contribution is 6.05. The van der Waals surface area contributed by atoms with Gasteiger partial charge in [0, 0.05) is 30.2 Å². The second kappa shape index (κ2) is 10.1. The first-order valence-corrected chi connectivity index (χ1v) is 13.0. The van der Waals surface area contributed by atoms with Crippen LogP contribution in [-0.2, 0) is 7.05 Å². The van der Waals surface area contributed by atoms with Crippen LogP contribution in [-0.4, -0.2) is 34.9 Å². The summed E-state index contributed by atoms with van der Waals surface area (Å²) in [5.41, 5.74) is 10.3. The van der Waals surface area contributed by atoms with E-state index < -0.39 is 11.9 Å². The van der Waals surface area contributed by atoms with Crippen LogP contribution in [0.2, 0.25) is 0 Å². The molecule has 0 aliphatic heterocycles. The molecule has 0 fully saturated rings. The van der Waals surface area contributed by atoms with Gasteiger partial charge in [0.25, 0.3) is 11.5 Å². The van der Waals surface area contributed by atoms with Crippen molar-refractivity contribution in [1.29, 1.82) is 0 Å². The topological polar surface area (TPSA) is 125 Å². The highest BCUT2D eigenvalue weighted by atomic mass is 16.2. The Balaban J connectivity index is 1.48. The molecule has 6 rings (SSSR count). The zero-order chi connectivity index (χ0) is 28.7. The second-order valence-electron chi connectivity index (χ2n) is 9.70. The molecule has 0 aliphatic rings. The molecule has 0 unspecified atom stereocenters. The number of hydrogen-bond acceptors (Lipinski definition) is 6. The van der Waals surface area contributed by atoms with Crippen molar-refractivity contribution in [3.63, 3.8) is 0 Å². The second-order valence-corrected chi connectivity index (χ2v) is 9.70. The number of nitrogens with zero attached hydrogens (tertiary/aromatic N) is 6. The minimum absolute atomic E-state index is 0.0914. The first kappa shape index (κ1) is 25.6. The normalized spacial score (nSPS) is 11.8. The maximum Gasteiger partial charge on any atom is 0.264 e. The van der Waals surface area contributed by atoms with E-state index in [9.17, 15) is 9.59 Å². The number of aryl methyl sites for hydroxylation is 1. The molecule has 3 N–H and O–H groups in total. The molecule has 6 aromatic rings. The Kier molecular flexibility index (Phi) is 6.32. The van der Waals surface area contributed by atoms with Gasteiger partial charge in [0.1, 0.15) is 11.9 Å². The number of para-hydroxylation sites is 1. The largest absolute Gasteiger partial charge is 0.382 e.